The molecule has 4 aromatic carbocycles. The van der Waals surface area contributed by atoms with E-state index in [0.29, 0.717) is 61.9 Å². The van der Waals surface area contributed by atoms with Crippen molar-refractivity contribution in [3.8, 4) is 23.0 Å². The number of hydrogen-bond acceptors (Lipinski definition) is 6. The molecule has 1 atom stereocenters. The summed E-state index contributed by atoms with van der Waals surface area (Å²) in [5.41, 5.74) is 10.5. The van der Waals surface area contributed by atoms with Crippen molar-refractivity contribution >= 4 is 11.8 Å². The number of hydrogen-bond donors (Lipinski definition) is 3. The number of nitrogens with zero attached hydrogens (tertiary/aromatic N) is 1. The molecule has 7 rings (SSSR count). The zero-order valence-electron chi connectivity index (χ0n) is 22.5. The molecule has 3 aliphatic heterocycles. The highest BCUT2D eigenvalue weighted by Crippen LogP contribution is 2.39. The number of phenolic OH excluding ortho intramolecular Hbond substituents is 1. The number of aromatic hydroxyl groups is 1. The summed E-state index contributed by atoms with van der Waals surface area (Å²) in [6.45, 7) is 1.64. The zero-order valence-corrected chi connectivity index (χ0v) is 22.5. The van der Waals surface area contributed by atoms with Gasteiger partial charge in [-0.15, -0.1) is 0 Å². The topological polar surface area (TPSA) is 114 Å². The van der Waals surface area contributed by atoms with Crippen LogP contribution in [0.25, 0.3) is 0 Å². The summed E-state index contributed by atoms with van der Waals surface area (Å²) in [4.78, 5) is 28.6. The Kier molecular flexibility index (Phi) is 7.31. The van der Waals surface area contributed by atoms with Crippen molar-refractivity contribution in [1.29, 1.82) is 0 Å². The third kappa shape index (κ3) is 5.47. The molecule has 3 aliphatic rings. The lowest BCUT2D eigenvalue weighted by molar-refractivity contribution is 0.0694. The van der Waals surface area contributed by atoms with E-state index in [0.717, 1.165) is 22.3 Å². The number of nitrogens with two attached hydrogens (primary N) is 1. The highest BCUT2D eigenvalue weighted by Gasteiger charge is 2.33. The molecule has 3 heterocycles. The highest BCUT2D eigenvalue weighted by atomic mass is 16.5. The maximum atomic E-state index is 13.9. The van der Waals surface area contributed by atoms with Crippen molar-refractivity contribution in [2.75, 3.05) is 19.7 Å². The van der Waals surface area contributed by atoms with Crippen LogP contribution in [-0.2, 0) is 13.0 Å². The molecule has 4 N–H and O–H groups in total. The monoisotopic (exact) mass is 549 g/mol. The second-order valence-corrected chi connectivity index (χ2v) is 10.2. The normalized spacial score (nSPS) is 16.6. The molecule has 0 aliphatic carbocycles. The number of ether oxygens (including phenoxy) is 2. The first-order chi connectivity index (χ1) is 20.0. The maximum Gasteiger partial charge on any atom is 0.255 e. The van der Waals surface area contributed by atoms with Crippen LogP contribution in [0.5, 0.6) is 23.0 Å². The number of carbonyl (C=O) groups is 2. The maximum absolute atomic E-state index is 13.9. The number of benzene rings is 4. The number of rotatable bonds is 2. The van der Waals surface area contributed by atoms with Crippen molar-refractivity contribution in [3.05, 3.63) is 118 Å². The van der Waals surface area contributed by atoms with E-state index in [4.69, 9.17) is 15.2 Å². The number of nitrogens with one attached hydrogen (secondary N) is 1. The predicted molar refractivity (Wildman–Crippen MR) is 154 cm³/mol. The van der Waals surface area contributed by atoms with Gasteiger partial charge in [0.1, 0.15) is 23.0 Å². The van der Waals surface area contributed by atoms with E-state index < -0.39 is 0 Å². The Bertz CT molecular complexity index is 1620. The number of phenols is 1. The Morgan fingerprint density at radius 2 is 1.80 bits per heavy atom. The first kappa shape index (κ1) is 26.4. The molecule has 0 saturated carbocycles. The standard InChI is InChI=1S/C33H31N3O5/c34-20-21-4-1-6-24(16-21)33(39)36-14-12-22-17-26-8-10-28(22)31(36)23-5-2-7-25(18-23)40-15-3-13-35-32(38)29-19-27(41-26)9-11-30(29)37/h1-2,4-11,16-19,31,37H,3,12-15,20,34H2,(H,35,38). The fourth-order valence-corrected chi connectivity index (χ4v) is 5.47. The highest BCUT2D eigenvalue weighted by molar-refractivity contribution is 5.97. The van der Waals surface area contributed by atoms with Crippen molar-refractivity contribution in [3.63, 3.8) is 0 Å². The summed E-state index contributed by atoms with van der Waals surface area (Å²) in [6, 6.07) is 25.4. The second-order valence-electron chi connectivity index (χ2n) is 10.2. The van der Waals surface area contributed by atoms with Crippen LogP contribution in [0.3, 0.4) is 0 Å². The lowest BCUT2D eigenvalue weighted by Gasteiger charge is -2.38. The molecule has 0 radical (unpaired) electrons. The first-order valence-electron chi connectivity index (χ1n) is 13.7. The van der Waals surface area contributed by atoms with Gasteiger partial charge in [0, 0.05) is 25.2 Å². The van der Waals surface area contributed by atoms with Gasteiger partial charge in [-0.25, -0.2) is 0 Å². The minimum absolute atomic E-state index is 0.0582. The smallest absolute Gasteiger partial charge is 0.255 e. The Morgan fingerprint density at radius 1 is 0.976 bits per heavy atom. The van der Waals surface area contributed by atoms with Crippen LogP contribution in [0.15, 0.2) is 84.9 Å². The van der Waals surface area contributed by atoms with Crippen LogP contribution in [0, 0.1) is 0 Å². The summed E-state index contributed by atoms with van der Waals surface area (Å²) >= 11 is 0. The molecular formula is C33H31N3O5. The lowest BCUT2D eigenvalue weighted by Crippen LogP contribution is -2.40. The van der Waals surface area contributed by atoms with Gasteiger partial charge in [0.05, 0.1) is 18.2 Å². The van der Waals surface area contributed by atoms with Crippen molar-refractivity contribution in [2.24, 2.45) is 5.73 Å². The molecule has 208 valence electrons. The third-order valence-corrected chi connectivity index (χ3v) is 7.51. The van der Waals surface area contributed by atoms with Crippen molar-refractivity contribution in [1.82, 2.24) is 10.2 Å². The Hall–Kier alpha value is -4.82. The summed E-state index contributed by atoms with van der Waals surface area (Å²) < 4.78 is 12.2. The third-order valence-electron chi connectivity index (χ3n) is 7.51. The minimum atomic E-state index is -0.383. The zero-order chi connectivity index (χ0) is 28.3. The van der Waals surface area contributed by atoms with Gasteiger partial charge < -0.3 is 30.5 Å². The van der Waals surface area contributed by atoms with E-state index in [9.17, 15) is 14.7 Å². The Labute approximate surface area is 238 Å². The largest absolute Gasteiger partial charge is 0.507 e. The van der Waals surface area contributed by atoms with Crippen LogP contribution < -0.4 is 20.5 Å². The predicted octanol–water partition coefficient (Wildman–Crippen LogP) is 4.94. The molecule has 1 unspecified atom stereocenters. The molecule has 8 bridgehead atoms. The molecule has 2 amide bonds. The average Bonchev–Trinajstić information content (AvgIpc) is 3.00. The number of amides is 2. The van der Waals surface area contributed by atoms with E-state index in [1.54, 1.807) is 6.07 Å². The molecule has 0 fully saturated rings. The molecule has 0 aromatic heterocycles. The van der Waals surface area contributed by atoms with Gasteiger partial charge in [0.25, 0.3) is 11.8 Å². The van der Waals surface area contributed by atoms with Crippen molar-refractivity contribution < 1.29 is 24.2 Å². The molecule has 8 nitrogen and oxygen atoms in total. The van der Waals surface area contributed by atoms with E-state index >= 15 is 0 Å². The van der Waals surface area contributed by atoms with E-state index in [-0.39, 0.29) is 29.2 Å². The van der Waals surface area contributed by atoms with Gasteiger partial charge >= 0.3 is 0 Å². The van der Waals surface area contributed by atoms with Crippen LogP contribution >= 0.6 is 0 Å². The van der Waals surface area contributed by atoms with E-state index in [2.05, 4.69) is 5.32 Å². The van der Waals surface area contributed by atoms with Crippen molar-refractivity contribution in [2.45, 2.75) is 25.4 Å². The second kappa shape index (κ2) is 11.3. The quantitative estimate of drug-likeness (QED) is 0.326. The van der Waals surface area contributed by atoms with E-state index in [1.165, 1.54) is 12.1 Å². The summed E-state index contributed by atoms with van der Waals surface area (Å²) in [5, 5.41) is 13.1. The SMILES string of the molecule is NCc1cccc(C(=O)N2CCc3cc4ccc3C2c2cccc(c2)OCCCNC(=O)c2cc(ccc2O)O4)c1. The number of fused-ring (bicyclic) bond motifs is 6. The van der Waals surface area contributed by atoms with Gasteiger partial charge in [0.2, 0.25) is 0 Å². The average molecular weight is 550 g/mol. The molecule has 0 spiro atoms. The summed E-state index contributed by atoms with van der Waals surface area (Å²) in [7, 11) is 0. The number of carbonyl (C=O) groups excluding carboxylic acids is 2. The molecule has 4 aromatic rings. The fourth-order valence-electron chi connectivity index (χ4n) is 5.47. The van der Waals surface area contributed by atoms with Gasteiger partial charge in [-0.2, -0.15) is 0 Å². The fraction of sp³-hybridized carbons (Fsp3) is 0.212. The molecule has 0 saturated heterocycles. The first-order valence-corrected chi connectivity index (χ1v) is 13.7. The van der Waals surface area contributed by atoms with Crippen LogP contribution in [0.2, 0.25) is 0 Å². The van der Waals surface area contributed by atoms with Gasteiger partial charge in [-0.3, -0.25) is 9.59 Å². The Morgan fingerprint density at radius 3 is 2.68 bits per heavy atom. The van der Waals surface area contributed by atoms with Gasteiger partial charge in [-0.05, 0) is 89.7 Å². The summed E-state index contributed by atoms with van der Waals surface area (Å²) in [5.74, 6) is 1.17. The molecule has 41 heavy (non-hydrogen) atoms. The van der Waals surface area contributed by atoms with Crippen LogP contribution in [0.1, 0.15) is 55.4 Å². The van der Waals surface area contributed by atoms with Gasteiger partial charge in [0.15, 0.2) is 0 Å². The molecule has 8 heteroatoms. The Balaban J connectivity index is 1.43. The van der Waals surface area contributed by atoms with Gasteiger partial charge in [-0.1, -0.05) is 30.3 Å². The van der Waals surface area contributed by atoms with E-state index in [1.807, 2.05) is 71.6 Å². The minimum Gasteiger partial charge on any atom is -0.507 e. The lowest BCUT2D eigenvalue weighted by atomic mass is 9.87. The summed E-state index contributed by atoms with van der Waals surface area (Å²) in [6.07, 6.45) is 1.22. The van der Waals surface area contributed by atoms with Crippen LogP contribution in [-0.4, -0.2) is 41.5 Å². The van der Waals surface area contributed by atoms with Crippen LogP contribution in [0.4, 0.5) is 0 Å². The molecular weight excluding hydrogens is 518 g/mol.